The maximum absolute atomic E-state index is 12.1. The van der Waals surface area contributed by atoms with Gasteiger partial charge in [-0.1, -0.05) is 6.92 Å². The first-order valence-electron chi connectivity index (χ1n) is 8.06. The number of aliphatic hydroxyl groups excluding tert-OH is 1. The number of rotatable bonds is 2. The fourth-order valence-corrected chi connectivity index (χ4v) is 3.55. The molecule has 24 heavy (non-hydrogen) atoms. The molecule has 0 aromatic rings. The molecule has 0 aromatic heterocycles. The summed E-state index contributed by atoms with van der Waals surface area (Å²) in [6.45, 7) is 4.59. The maximum atomic E-state index is 12.1. The Morgan fingerprint density at radius 2 is 2.17 bits per heavy atom. The quantitative estimate of drug-likeness (QED) is 0.723. The standard InChI is InChI=1S/C17H22O7/c1-9-6-12(19)14-11(8-22-10(2)18)15(20)23-13(14)7-16(3)4-5-17(9,21)24-16/h7,9,12,19,21H,4-6,8H2,1-3H3/b13-7+. The van der Waals surface area contributed by atoms with Gasteiger partial charge in [0.25, 0.3) is 0 Å². The van der Waals surface area contributed by atoms with E-state index in [4.69, 9.17) is 14.2 Å². The molecule has 1 saturated heterocycles. The summed E-state index contributed by atoms with van der Waals surface area (Å²) in [6.07, 6.45) is 1.80. The molecule has 0 aromatic carbocycles. The zero-order chi connectivity index (χ0) is 17.7. The molecular formula is C17H22O7. The molecule has 4 unspecified atom stereocenters. The lowest BCUT2D eigenvalue weighted by atomic mass is 9.86. The van der Waals surface area contributed by atoms with Crippen LogP contribution in [-0.4, -0.2) is 46.3 Å². The number of hydrogen-bond acceptors (Lipinski definition) is 7. The smallest absolute Gasteiger partial charge is 0.343 e. The van der Waals surface area contributed by atoms with Crippen molar-refractivity contribution in [1.29, 1.82) is 0 Å². The van der Waals surface area contributed by atoms with Crippen LogP contribution in [0, 0.1) is 5.92 Å². The van der Waals surface area contributed by atoms with Gasteiger partial charge in [-0.05, 0) is 25.8 Å². The van der Waals surface area contributed by atoms with Crippen LogP contribution >= 0.6 is 0 Å². The van der Waals surface area contributed by atoms with E-state index in [0.717, 1.165) is 0 Å². The molecule has 0 amide bonds. The highest BCUT2D eigenvalue weighted by atomic mass is 16.6. The summed E-state index contributed by atoms with van der Waals surface area (Å²) in [4.78, 5) is 23.2. The summed E-state index contributed by atoms with van der Waals surface area (Å²) >= 11 is 0. The minimum Gasteiger partial charge on any atom is -0.461 e. The van der Waals surface area contributed by atoms with E-state index in [9.17, 15) is 19.8 Å². The van der Waals surface area contributed by atoms with E-state index in [0.29, 0.717) is 18.4 Å². The third kappa shape index (κ3) is 2.87. The topological polar surface area (TPSA) is 102 Å². The van der Waals surface area contributed by atoms with Crippen molar-refractivity contribution in [3.8, 4) is 0 Å². The van der Waals surface area contributed by atoms with Crippen LogP contribution in [-0.2, 0) is 23.8 Å². The Balaban J connectivity index is 2.05. The highest BCUT2D eigenvalue weighted by Crippen LogP contribution is 2.47. The van der Waals surface area contributed by atoms with Gasteiger partial charge in [-0.2, -0.15) is 0 Å². The SMILES string of the molecule is CC(=O)OCC1=C2/C(=C\C3(C)CCC(O)(O3)C(C)CC2O)OC1=O. The Morgan fingerprint density at radius 3 is 2.83 bits per heavy atom. The Morgan fingerprint density at radius 1 is 1.46 bits per heavy atom. The van der Waals surface area contributed by atoms with Crippen molar-refractivity contribution in [2.75, 3.05) is 6.61 Å². The van der Waals surface area contributed by atoms with Gasteiger partial charge >= 0.3 is 11.9 Å². The molecule has 132 valence electrons. The molecular weight excluding hydrogens is 316 g/mol. The van der Waals surface area contributed by atoms with Crippen molar-refractivity contribution in [2.24, 2.45) is 5.92 Å². The van der Waals surface area contributed by atoms with Gasteiger partial charge in [0.05, 0.1) is 17.3 Å². The van der Waals surface area contributed by atoms with Gasteiger partial charge in [-0.3, -0.25) is 4.79 Å². The van der Waals surface area contributed by atoms with Crippen LogP contribution in [0.1, 0.15) is 40.0 Å². The molecule has 7 heteroatoms. The first-order chi connectivity index (χ1) is 11.1. The largest absolute Gasteiger partial charge is 0.461 e. The molecule has 3 aliphatic rings. The average Bonchev–Trinajstić information content (AvgIpc) is 2.94. The lowest BCUT2D eigenvalue weighted by Gasteiger charge is -2.32. The van der Waals surface area contributed by atoms with Gasteiger partial charge in [0, 0.05) is 24.8 Å². The van der Waals surface area contributed by atoms with Crippen molar-refractivity contribution in [3.05, 3.63) is 23.0 Å². The summed E-state index contributed by atoms with van der Waals surface area (Å²) in [5, 5.41) is 21.3. The van der Waals surface area contributed by atoms with E-state index in [2.05, 4.69) is 0 Å². The lowest BCUT2D eigenvalue weighted by molar-refractivity contribution is -0.238. The maximum Gasteiger partial charge on any atom is 0.343 e. The number of esters is 2. The van der Waals surface area contributed by atoms with Gasteiger partial charge in [0.15, 0.2) is 5.79 Å². The highest BCUT2D eigenvalue weighted by molar-refractivity contribution is 5.95. The molecule has 3 heterocycles. The zero-order valence-corrected chi connectivity index (χ0v) is 14.0. The number of fused-ring (bicyclic) bond motifs is 3. The molecule has 7 nitrogen and oxygen atoms in total. The second-order valence-electron chi connectivity index (χ2n) is 6.98. The van der Waals surface area contributed by atoms with Crippen molar-refractivity contribution >= 4 is 11.9 Å². The highest BCUT2D eigenvalue weighted by Gasteiger charge is 2.51. The fraction of sp³-hybridized carbons (Fsp3) is 0.647. The minimum atomic E-state index is -1.33. The Kier molecular flexibility index (Phi) is 4.06. The molecule has 3 aliphatic heterocycles. The molecule has 0 aliphatic carbocycles. The van der Waals surface area contributed by atoms with Crippen LogP contribution in [0.5, 0.6) is 0 Å². The van der Waals surface area contributed by atoms with Gasteiger partial charge in [-0.25, -0.2) is 4.79 Å². The molecule has 4 atom stereocenters. The molecule has 2 bridgehead atoms. The zero-order valence-electron chi connectivity index (χ0n) is 14.0. The first kappa shape index (κ1) is 17.1. The lowest BCUT2D eigenvalue weighted by Crippen LogP contribution is -2.39. The van der Waals surface area contributed by atoms with E-state index >= 15 is 0 Å². The van der Waals surface area contributed by atoms with E-state index in [-0.39, 0.29) is 30.3 Å². The van der Waals surface area contributed by atoms with Crippen LogP contribution in [0.4, 0.5) is 0 Å². The Labute approximate surface area is 139 Å². The number of ether oxygens (including phenoxy) is 3. The molecule has 2 N–H and O–H groups in total. The average molecular weight is 338 g/mol. The molecule has 3 rings (SSSR count). The minimum absolute atomic E-state index is 0.129. The van der Waals surface area contributed by atoms with E-state index < -0.39 is 29.4 Å². The molecule has 0 spiro atoms. The van der Waals surface area contributed by atoms with Crippen LogP contribution in [0.25, 0.3) is 0 Å². The predicted molar refractivity (Wildman–Crippen MR) is 81.3 cm³/mol. The van der Waals surface area contributed by atoms with Gasteiger partial charge in [-0.15, -0.1) is 0 Å². The third-order valence-electron chi connectivity index (χ3n) is 4.97. The van der Waals surface area contributed by atoms with Crippen molar-refractivity contribution in [1.82, 2.24) is 0 Å². The summed E-state index contributed by atoms with van der Waals surface area (Å²) in [5.41, 5.74) is -0.358. The summed E-state index contributed by atoms with van der Waals surface area (Å²) in [5.74, 6) is -2.62. The van der Waals surface area contributed by atoms with Gasteiger partial charge in [0.2, 0.25) is 0 Å². The van der Waals surface area contributed by atoms with Gasteiger partial charge in [0.1, 0.15) is 12.4 Å². The number of hydrogen-bond donors (Lipinski definition) is 2. The second kappa shape index (κ2) is 5.68. The van der Waals surface area contributed by atoms with Crippen LogP contribution < -0.4 is 0 Å². The monoisotopic (exact) mass is 338 g/mol. The van der Waals surface area contributed by atoms with Crippen LogP contribution in [0.2, 0.25) is 0 Å². The van der Waals surface area contributed by atoms with E-state index in [1.807, 2.05) is 0 Å². The van der Waals surface area contributed by atoms with Crippen molar-refractivity contribution < 1.29 is 34.0 Å². The van der Waals surface area contributed by atoms with Gasteiger partial charge < -0.3 is 24.4 Å². The summed E-state index contributed by atoms with van der Waals surface area (Å²) < 4.78 is 16.1. The van der Waals surface area contributed by atoms with Crippen LogP contribution in [0.3, 0.4) is 0 Å². The third-order valence-corrected chi connectivity index (χ3v) is 4.97. The molecule has 0 radical (unpaired) electrons. The predicted octanol–water partition coefficient (Wildman–Crippen LogP) is 0.945. The van der Waals surface area contributed by atoms with E-state index in [1.165, 1.54) is 6.92 Å². The normalized spacial score (nSPS) is 40.9. The first-order valence-corrected chi connectivity index (χ1v) is 8.06. The van der Waals surface area contributed by atoms with Crippen molar-refractivity contribution in [3.63, 3.8) is 0 Å². The Hall–Kier alpha value is -1.70. The second-order valence-corrected chi connectivity index (χ2v) is 6.98. The number of aliphatic hydroxyl groups is 2. The number of carbonyl (C=O) groups excluding carboxylic acids is 2. The van der Waals surface area contributed by atoms with Crippen molar-refractivity contribution in [2.45, 2.75) is 57.5 Å². The fourth-order valence-electron chi connectivity index (χ4n) is 3.55. The number of carbonyl (C=O) groups is 2. The molecule has 0 saturated carbocycles. The summed E-state index contributed by atoms with van der Waals surface area (Å²) in [7, 11) is 0. The Bertz CT molecular complexity index is 649. The van der Waals surface area contributed by atoms with Crippen LogP contribution in [0.15, 0.2) is 23.0 Å². The molecule has 1 fully saturated rings. The van der Waals surface area contributed by atoms with E-state index in [1.54, 1.807) is 19.9 Å². The summed E-state index contributed by atoms with van der Waals surface area (Å²) in [6, 6.07) is 0.